The molecule has 1 aliphatic heterocycles. The molecule has 1 N–H and O–H groups in total. The van der Waals surface area contributed by atoms with Crippen LogP contribution in [0.2, 0.25) is 0 Å². The molecule has 3 atom stereocenters. The zero-order chi connectivity index (χ0) is 17.3. The Bertz CT molecular complexity index is 588. The Morgan fingerprint density at radius 1 is 1.21 bits per heavy atom. The van der Waals surface area contributed by atoms with Crippen molar-refractivity contribution in [1.82, 2.24) is 4.90 Å². The zero-order valence-electron chi connectivity index (χ0n) is 13.1. The lowest BCUT2D eigenvalue weighted by atomic mass is 9.84. The van der Waals surface area contributed by atoms with E-state index in [2.05, 4.69) is 4.74 Å². The van der Waals surface area contributed by atoms with E-state index in [9.17, 15) is 23.1 Å². The topological polar surface area (TPSA) is 49.8 Å². The predicted molar refractivity (Wildman–Crippen MR) is 80.5 cm³/mol. The fraction of sp³-hybridized carbons (Fsp3) is 0.588. The molecule has 2 aliphatic rings. The highest BCUT2D eigenvalue weighted by atomic mass is 19.4. The van der Waals surface area contributed by atoms with Crippen LogP contribution in [0.25, 0.3) is 0 Å². The normalized spacial score (nSPS) is 27.7. The lowest BCUT2D eigenvalue weighted by molar-refractivity contribution is -0.274. The van der Waals surface area contributed by atoms with Gasteiger partial charge in [-0.05, 0) is 42.9 Å². The molecule has 0 aromatic heterocycles. The van der Waals surface area contributed by atoms with Crippen molar-refractivity contribution in [1.29, 1.82) is 0 Å². The van der Waals surface area contributed by atoms with E-state index in [1.165, 1.54) is 12.1 Å². The van der Waals surface area contributed by atoms with Crippen LogP contribution in [0.1, 0.15) is 37.7 Å². The molecule has 0 spiro atoms. The SMILES string of the molecule is O=C(O)[C@@H]1C[C@H]2CCCC[C@H]2N1Cc1ccc(OC(F)(F)F)cc1. The number of alkyl halides is 3. The first kappa shape index (κ1) is 17.1. The van der Waals surface area contributed by atoms with E-state index >= 15 is 0 Å². The van der Waals surface area contributed by atoms with Crippen molar-refractivity contribution in [2.45, 2.75) is 57.1 Å². The van der Waals surface area contributed by atoms with Crippen LogP contribution in [0.4, 0.5) is 13.2 Å². The summed E-state index contributed by atoms with van der Waals surface area (Å²) in [5.41, 5.74) is 0.794. The van der Waals surface area contributed by atoms with Gasteiger partial charge in [-0.1, -0.05) is 25.0 Å². The molecular formula is C17H20F3NO3. The number of fused-ring (bicyclic) bond motifs is 1. The molecule has 0 amide bonds. The standard InChI is InChI=1S/C17H20F3NO3/c18-17(19,20)24-13-7-5-11(6-8-13)10-21-14-4-2-1-3-12(14)9-15(21)16(22)23/h5-8,12,14-15H,1-4,9-10H2,(H,22,23)/t12-,14-,15+/m1/s1. The molecule has 1 aromatic carbocycles. The van der Waals surface area contributed by atoms with Gasteiger partial charge in [0.05, 0.1) is 0 Å². The second-order valence-electron chi connectivity index (χ2n) is 6.57. The average Bonchev–Trinajstić information content (AvgIpc) is 2.87. The van der Waals surface area contributed by atoms with Crippen molar-refractivity contribution < 1.29 is 27.8 Å². The van der Waals surface area contributed by atoms with Gasteiger partial charge in [-0.25, -0.2) is 0 Å². The van der Waals surface area contributed by atoms with E-state index in [4.69, 9.17) is 0 Å². The van der Waals surface area contributed by atoms with Gasteiger partial charge in [0, 0.05) is 12.6 Å². The highest BCUT2D eigenvalue weighted by Crippen LogP contribution is 2.40. The Hall–Kier alpha value is -1.76. The molecule has 4 nitrogen and oxygen atoms in total. The minimum atomic E-state index is -4.71. The second kappa shape index (κ2) is 6.63. The van der Waals surface area contributed by atoms with E-state index in [0.29, 0.717) is 18.9 Å². The number of nitrogens with zero attached hydrogens (tertiary/aromatic N) is 1. The van der Waals surface area contributed by atoms with Gasteiger partial charge >= 0.3 is 12.3 Å². The summed E-state index contributed by atoms with van der Waals surface area (Å²) in [5.74, 6) is -0.674. The van der Waals surface area contributed by atoms with Crippen LogP contribution in [0.15, 0.2) is 24.3 Å². The Morgan fingerprint density at radius 3 is 2.50 bits per heavy atom. The van der Waals surface area contributed by atoms with Gasteiger partial charge in [0.15, 0.2) is 0 Å². The van der Waals surface area contributed by atoms with E-state index in [-0.39, 0.29) is 11.8 Å². The van der Waals surface area contributed by atoms with Gasteiger partial charge in [-0.3, -0.25) is 9.69 Å². The molecule has 1 heterocycles. The van der Waals surface area contributed by atoms with Crippen LogP contribution in [-0.4, -0.2) is 34.4 Å². The molecule has 1 aromatic rings. The minimum Gasteiger partial charge on any atom is -0.480 e. The highest BCUT2D eigenvalue weighted by molar-refractivity contribution is 5.74. The van der Waals surface area contributed by atoms with Gasteiger partial charge in [0.25, 0.3) is 0 Å². The third-order valence-corrected chi connectivity index (χ3v) is 5.03. The summed E-state index contributed by atoms with van der Waals surface area (Å²) in [5, 5.41) is 9.49. The lowest BCUT2D eigenvalue weighted by Gasteiger charge is -2.33. The maximum atomic E-state index is 12.2. The summed E-state index contributed by atoms with van der Waals surface area (Å²) in [4.78, 5) is 13.6. The summed E-state index contributed by atoms with van der Waals surface area (Å²) in [7, 11) is 0. The molecule has 0 radical (unpaired) electrons. The average molecular weight is 343 g/mol. The van der Waals surface area contributed by atoms with Crippen molar-refractivity contribution in [3.8, 4) is 5.75 Å². The lowest BCUT2D eigenvalue weighted by Crippen LogP contribution is -2.41. The number of halogens is 3. The minimum absolute atomic E-state index is 0.256. The van der Waals surface area contributed by atoms with Crippen LogP contribution in [0, 0.1) is 5.92 Å². The number of carboxylic acids is 1. The molecule has 1 aliphatic carbocycles. The smallest absolute Gasteiger partial charge is 0.480 e. The second-order valence-corrected chi connectivity index (χ2v) is 6.57. The number of hydrogen-bond acceptors (Lipinski definition) is 3. The molecule has 1 saturated carbocycles. The highest BCUT2D eigenvalue weighted by Gasteiger charge is 2.44. The zero-order valence-corrected chi connectivity index (χ0v) is 13.1. The van der Waals surface area contributed by atoms with Crippen LogP contribution < -0.4 is 4.74 Å². The van der Waals surface area contributed by atoms with Crippen LogP contribution in [0.5, 0.6) is 5.75 Å². The first-order chi connectivity index (χ1) is 11.3. The summed E-state index contributed by atoms with van der Waals surface area (Å²) in [6, 6.07) is 5.42. The molecule has 24 heavy (non-hydrogen) atoms. The number of likely N-dealkylation sites (tertiary alicyclic amines) is 1. The molecular weight excluding hydrogens is 323 g/mol. The van der Waals surface area contributed by atoms with Crippen LogP contribution in [0.3, 0.4) is 0 Å². The molecule has 1 saturated heterocycles. The molecule has 3 rings (SSSR count). The van der Waals surface area contributed by atoms with Crippen LogP contribution in [-0.2, 0) is 11.3 Å². The maximum absolute atomic E-state index is 12.2. The Balaban J connectivity index is 1.72. The molecule has 0 bridgehead atoms. The first-order valence-corrected chi connectivity index (χ1v) is 8.17. The number of hydrogen-bond donors (Lipinski definition) is 1. The van der Waals surface area contributed by atoms with Gasteiger partial charge < -0.3 is 9.84 Å². The summed E-state index contributed by atoms with van der Waals surface area (Å²) >= 11 is 0. The number of aliphatic carboxylic acids is 1. The molecule has 132 valence electrons. The van der Waals surface area contributed by atoms with Crippen molar-refractivity contribution in [2.24, 2.45) is 5.92 Å². The van der Waals surface area contributed by atoms with Crippen LogP contribution >= 0.6 is 0 Å². The third kappa shape index (κ3) is 3.83. The fourth-order valence-electron chi connectivity index (χ4n) is 4.03. The number of rotatable bonds is 4. The quantitative estimate of drug-likeness (QED) is 0.903. The maximum Gasteiger partial charge on any atom is 0.573 e. The van der Waals surface area contributed by atoms with E-state index < -0.39 is 18.4 Å². The Kier molecular flexibility index (Phi) is 4.71. The molecule has 0 unspecified atom stereocenters. The van der Waals surface area contributed by atoms with Crippen molar-refractivity contribution in [2.75, 3.05) is 0 Å². The van der Waals surface area contributed by atoms with E-state index in [1.807, 2.05) is 4.90 Å². The summed E-state index contributed by atoms with van der Waals surface area (Å²) < 4.78 is 40.5. The van der Waals surface area contributed by atoms with Crippen molar-refractivity contribution in [3.05, 3.63) is 29.8 Å². The fourth-order valence-corrected chi connectivity index (χ4v) is 4.03. The number of carboxylic acid groups (broad SMARTS) is 1. The molecule has 2 fully saturated rings. The number of ether oxygens (including phenoxy) is 1. The van der Waals surface area contributed by atoms with Gasteiger partial charge in [0.1, 0.15) is 11.8 Å². The van der Waals surface area contributed by atoms with Gasteiger partial charge in [0.2, 0.25) is 0 Å². The summed E-state index contributed by atoms with van der Waals surface area (Å²) in [6.45, 7) is 0.435. The largest absolute Gasteiger partial charge is 0.573 e. The van der Waals surface area contributed by atoms with Crippen molar-refractivity contribution >= 4 is 5.97 Å². The van der Waals surface area contributed by atoms with E-state index in [0.717, 1.165) is 31.2 Å². The number of carbonyl (C=O) groups is 1. The van der Waals surface area contributed by atoms with Crippen molar-refractivity contribution in [3.63, 3.8) is 0 Å². The Morgan fingerprint density at radius 2 is 1.88 bits per heavy atom. The molecule has 7 heteroatoms. The number of benzene rings is 1. The van der Waals surface area contributed by atoms with Gasteiger partial charge in [-0.15, -0.1) is 13.2 Å². The Labute approximate surface area is 138 Å². The monoisotopic (exact) mass is 343 g/mol. The first-order valence-electron chi connectivity index (χ1n) is 8.17. The predicted octanol–water partition coefficient (Wildman–Crippen LogP) is 3.80. The third-order valence-electron chi connectivity index (χ3n) is 5.03. The van der Waals surface area contributed by atoms with E-state index in [1.54, 1.807) is 12.1 Å². The van der Waals surface area contributed by atoms with Gasteiger partial charge in [-0.2, -0.15) is 0 Å². The summed E-state index contributed by atoms with van der Waals surface area (Å²) in [6.07, 6.45) is 0.246.